The van der Waals surface area contributed by atoms with Gasteiger partial charge in [0.15, 0.2) is 0 Å². The van der Waals surface area contributed by atoms with Gasteiger partial charge in [-0.05, 0) is 12.8 Å². The maximum atomic E-state index is 12.1. The Morgan fingerprint density at radius 3 is 2.35 bits per heavy atom. The maximum absolute atomic E-state index is 12.1. The van der Waals surface area contributed by atoms with Crippen LogP contribution in [0.15, 0.2) is 12.2 Å². The zero-order chi connectivity index (χ0) is 13.6. The minimum Gasteiger partial charge on any atom is -0.480 e. The Bertz CT molecular complexity index is 314. The van der Waals surface area contributed by atoms with Crippen molar-refractivity contribution >= 4 is 12.1 Å². The molecule has 0 aliphatic rings. The fraction of sp³-hybridized carbons (Fsp3) is 0.556. The van der Waals surface area contributed by atoms with E-state index >= 15 is 0 Å². The zero-order valence-corrected chi connectivity index (χ0v) is 9.00. The molecule has 98 valence electrons. The molecule has 1 atom stereocenters. The van der Waals surface area contributed by atoms with Gasteiger partial charge >= 0.3 is 18.2 Å². The lowest BCUT2D eigenvalue weighted by molar-refractivity contribution is -0.139. The average molecular weight is 255 g/mol. The summed E-state index contributed by atoms with van der Waals surface area (Å²) < 4.78 is 40.4. The molecular weight excluding hydrogens is 243 g/mol. The highest BCUT2D eigenvalue weighted by molar-refractivity contribution is 5.79. The molecule has 0 radical (unpaired) electrons. The number of halogens is 3. The van der Waals surface area contributed by atoms with Crippen LogP contribution in [0.3, 0.4) is 0 Å². The van der Waals surface area contributed by atoms with E-state index in [0.29, 0.717) is 0 Å². The molecule has 0 saturated carbocycles. The summed E-state index contributed by atoms with van der Waals surface area (Å²) in [7, 11) is 1.02. The van der Waals surface area contributed by atoms with Crippen molar-refractivity contribution in [2.24, 2.45) is 0 Å². The first kappa shape index (κ1) is 15.3. The Morgan fingerprint density at radius 1 is 1.47 bits per heavy atom. The number of amides is 1. The van der Waals surface area contributed by atoms with E-state index in [1.807, 2.05) is 5.32 Å². The van der Waals surface area contributed by atoms with Crippen LogP contribution in [0.1, 0.15) is 12.8 Å². The molecule has 2 N–H and O–H groups in total. The monoisotopic (exact) mass is 255 g/mol. The van der Waals surface area contributed by atoms with Crippen molar-refractivity contribution in [1.82, 2.24) is 5.32 Å². The van der Waals surface area contributed by atoms with Gasteiger partial charge in [-0.1, -0.05) is 6.58 Å². The number of hydrogen-bond acceptors (Lipinski definition) is 3. The lowest BCUT2D eigenvalue weighted by atomic mass is 10.1. The van der Waals surface area contributed by atoms with Gasteiger partial charge in [-0.25, -0.2) is 9.59 Å². The van der Waals surface area contributed by atoms with Crippen LogP contribution >= 0.6 is 0 Å². The molecule has 0 aliphatic carbocycles. The van der Waals surface area contributed by atoms with E-state index in [4.69, 9.17) is 5.11 Å². The number of alkyl carbamates (subject to hydrolysis) is 1. The van der Waals surface area contributed by atoms with Gasteiger partial charge in [0.25, 0.3) is 0 Å². The van der Waals surface area contributed by atoms with E-state index in [9.17, 15) is 22.8 Å². The zero-order valence-electron chi connectivity index (χ0n) is 9.00. The second-order valence-electron chi connectivity index (χ2n) is 3.17. The molecule has 0 fully saturated rings. The second kappa shape index (κ2) is 6.12. The first-order valence-corrected chi connectivity index (χ1v) is 4.50. The van der Waals surface area contributed by atoms with Crippen molar-refractivity contribution in [3.8, 4) is 0 Å². The van der Waals surface area contributed by atoms with Crippen LogP contribution in [-0.4, -0.2) is 36.5 Å². The van der Waals surface area contributed by atoms with Gasteiger partial charge in [-0.15, -0.1) is 0 Å². The average Bonchev–Trinajstić information content (AvgIpc) is 2.21. The van der Waals surface area contributed by atoms with Crippen molar-refractivity contribution in [2.75, 3.05) is 7.11 Å². The third kappa shape index (κ3) is 5.79. The van der Waals surface area contributed by atoms with Crippen LogP contribution in [0.5, 0.6) is 0 Å². The number of carbonyl (C=O) groups is 2. The number of carbonyl (C=O) groups excluding carboxylic acids is 1. The predicted octanol–water partition coefficient (Wildman–Crippen LogP) is 1.69. The minimum atomic E-state index is -4.56. The van der Waals surface area contributed by atoms with Crippen LogP contribution in [0.25, 0.3) is 0 Å². The van der Waals surface area contributed by atoms with Gasteiger partial charge < -0.3 is 15.2 Å². The van der Waals surface area contributed by atoms with Crippen LogP contribution < -0.4 is 5.32 Å². The number of aliphatic carboxylic acids is 1. The van der Waals surface area contributed by atoms with Gasteiger partial charge in [0.2, 0.25) is 0 Å². The maximum Gasteiger partial charge on any atom is 0.412 e. The Hall–Kier alpha value is -1.73. The van der Waals surface area contributed by atoms with Crippen LogP contribution in [-0.2, 0) is 9.53 Å². The van der Waals surface area contributed by atoms with Gasteiger partial charge in [-0.2, -0.15) is 13.2 Å². The van der Waals surface area contributed by atoms with Crippen LogP contribution in [0.4, 0.5) is 18.0 Å². The van der Waals surface area contributed by atoms with Gasteiger partial charge in [0.05, 0.1) is 7.11 Å². The normalized spacial score (nSPS) is 12.7. The molecule has 0 rings (SSSR count). The molecule has 0 bridgehead atoms. The highest BCUT2D eigenvalue weighted by Gasteiger charge is 2.32. The molecule has 1 amide bonds. The smallest absolute Gasteiger partial charge is 0.412 e. The number of rotatable bonds is 5. The molecule has 0 aromatic carbocycles. The fourth-order valence-electron chi connectivity index (χ4n) is 0.919. The van der Waals surface area contributed by atoms with Crippen molar-refractivity contribution in [1.29, 1.82) is 0 Å². The molecule has 0 saturated heterocycles. The SMILES string of the molecule is C=C(CC[C@H](NC(=O)OC)C(=O)O)C(F)(F)F. The number of nitrogens with one attached hydrogen (secondary N) is 1. The van der Waals surface area contributed by atoms with Gasteiger partial charge in [-0.3, -0.25) is 0 Å². The van der Waals surface area contributed by atoms with E-state index in [1.165, 1.54) is 0 Å². The highest BCUT2D eigenvalue weighted by Crippen LogP contribution is 2.27. The summed E-state index contributed by atoms with van der Waals surface area (Å²) in [5.74, 6) is -1.44. The van der Waals surface area contributed by atoms with Crippen molar-refractivity contribution in [3.63, 3.8) is 0 Å². The topological polar surface area (TPSA) is 75.6 Å². The molecule has 8 heteroatoms. The van der Waals surface area contributed by atoms with Crippen molar-refractivity contribution < 1.29 is 32.6 Å². The lowest BCUT2D eigenvalue weighted by Crippen LogP contribution is -2.40. The third-order valence-electron chi connectivity index (χ3n) is 1.91. The summed E-state index contributed by atoms with van der Waals surface area (Å²) in [4.78, 5) is 21.4. The number of ether oxygens (including phenoxy) is 1. The summed E-state index contributed by atoms with van der Waals surface area (Å²) in [5.41, 5.74) is -1.05. The van der Waals surface area contributed by atoms with Crippen molar-refractivity contribution in [3.05, 3.63) is 12.2 Å². The Balaban J connectivity index is 4.34. The number of carboxylic acids is 1. The summed E-state index contributed by atoms with van der Waals surface area (Å²) in [5, 5.41) is 10.6. The van der Waals surface area contributed by atoms with Crippen LogP contribution in [0.2, 0.25) is 0 Å². The first-order valence-electron chi connectivity index (χ1n) is 4.50. The number of methoxy groups -OCH3 is 1. The van der Waals surface area contributed by atoms with Crippen molar-refractivity contribution in [2.45, 2.75) is 25.1 Å². The van der Waals surface area contributed by atoms with Crippen LogP contribution in [0, 0.1) is 0 Å². The molecule has 0 heterocycles. The lowest BCUT2D eigenvalue weighted by Gasteiger charge is -2.15. The standard InChI is InChI=1S/C9H12F3NO4/c1-5(9(10,11)12)3-4-6(7(14)15)13-8(16)17-2/h6H,1,3-4H2,2H3,(H,13,16)(H,14,15)/t6-/m0/s1. The molecule has 0 aromatic heterocycles. The third-order valence-corrected chi connectivity index (χ3v) is 1.91. The van der Waals surface area contributed by atoms with E-state index in [0.717, 1.165) is 7.11 Å². The van der Waals surface area contributed by atoms with E-state index in [2.05, 4.69) is 11.3 Å². The Morgan fingerprint density at radius 2 is 2.00 bits per heavy atom. The quantitative estimate of drug-likeness (QED) is 0.733. The molecule has 0 aromatic rings. The summed E-state index contributed by atoms with van der Waals surface area (Å²) >= 11 is 0. The Labute approximate surface area is 95.2 Å². The van der Waals surface area contributed by atoms with Gasteiger partial charge in [0.1, 0.15) is 6.04 Å². The largest absolute Gasteiger partial charge is 0.480 e. The van der Waals surface area contributed by atoms with E-state index in [-0.39, 0.29) is 0 Å². The Kier molecular flexibility index (Phi) is 5.49. The molecule has 17 heavy (non-hydrogen) atoms. The summed E-state index contributed by atoms with van der Waals surface area (Å²) in [6.07, 6.45) is -6.57. The molecular formula is C9H12F3NO4. The second-order valence-corrected chi connectivity index (χ2v) is 3.17. The molecule has 5 nitrogen and oxygen atoms in total. The summed E-state index contributed by atoms with van der Waals surface area (Å²) in [6.45, 7) is 2.79. The number of alkyl halides is 3. The number of carboxylic acid groups (broad SMARTS) is 1. The predicted molar refractivity (Wildman–Crippen MR) is 51.4 cm³/mol. The molecule has 0 aliphatic heterocycles. The van der Waals surface area contributed by atoms with E-state index in [1.54, 1.807) is 0 Å². The first-order chi connectivity index (χ1) is 7.68. The summed E-state index contributed by atoms with van der Waals surface area (Å²) in [6, 6.07) is -1.44. The minimum absolute atomic E-state index is 0.414. The highest BCUT2D eigenvalue weighted by atomic mass is 19.4. The van der Waals surface area contributed by atoms with Gasteiger partial charge in [0, 0.05) is 5.57 Å². The molecule has 0 unspecified atom stereocenters. The fourth-order valence-corrected chi connectivity index (χ4v) is 0.919. The number of allylic oxidation sites excluding steroid dienone is 1. The number of hydrogen-bond donors (Lipinski definition) is 2. The van der Waals surface area contributed by atoms with E-state index < -0.39 is 42.7 Å². The molecule has 0 spiro atoms.